The average molecular weight is 312 g/mol. The lowest BCUT2D eigenvalue weighted by Gasteiger charge is -2.23. The third-order valence-electron chi connectivity index (χ3n) is 3.66. The van der Waals surface area contributed by atoms with Crippen LogP contribution in [0.1, 0.15) is 31.7 Å². The maximum atomic E-state index is 10.8. The minimum atomic E-state index is -0.828. The van der Waals surface area contributed by atoms with Gasteiger partial charge in [0.15, 0.2) is 5.16 Å². The van der Waals surface area contributed by atoms with Gasteiger partial charge >= 0.3 is 5.97 Å². The van der Waals surface area contributed by atoms with E-state index in [-0.39, 0.29) is 5.75 Å². The van der Waals surface area contributed by atoms with Crippen molar-refractivity contribution >= 4 is 23.7 Å². The molecule has 0 saturated heterocycles. The molecule has 1 heterocycles. The van der Waals surface area contributed by atoms with Crippen molar-refractivity contribution in [1.29, 1.82) is 0 Å². The number of carbonyl (C=O) groups is 1. The SMILES string of the molecule is COCCN(c1nnc(SCC(=O)O)n1C1CC1)C1CC1. The molecule has 7 nitrogen and oxygen atoms in total. The van der Waals surface area contributed by atoms with Crippen LogP contribution in [0.15, 0.2) is 5.16 Å². The topological polar surface area (TPSA) is 80.5 Å². The van der Waals surface area contributed by atoms with Gasteiger partial charge < -0.3 is 14.7 Å². The minimum Gasteiger partial charge on any atom is -0.481 e. The van der Waals surface area contributed by atoms with Gasteiger partial charge in [0, 0.05) is 25.7 Å². The first kappa shape index (κ1) is 14.6. The molecular formula is C13H20N4O3S. The monoisotopic (exact) mass is 312 g/mol. The number of anilines is 1. The summed E-state index contributed by atoms with van der Waals surface area (Å²) in [5.74, 6) is 0.0714. The van der Waals surface area contributed by atoms with Gasteiger partial charge in [-0.15, -0.1) is 10.2 Å². The van der Waals surface area contributed by atoms with E-state index in [0.717, 1.165) is 30.5 Å². The summed E-state index contributed by atoms with van der Waals surface area (Å²) in [5.41, 5.74) is 0. The van der Waals surface area contributed by atoms with E-state index in [1.807, 2.05) is 0 Å². The molecule has 2 aliphatic carbocycles. The van der Waals surface area contributed by atoms with E-state index in [1.54, 1.807) is 7.11 Å². The number of carboxylic acid groups (broad SMARTS) is 1. The molecule has 0 aromatic carbocycles. The van der Waals surface area contributed by atoms with Crippen LogP contribution in [-0.4, -0.2) is 57.9 Å². The zero-order valence-electron chi connectivity index (χ0n) is 12.1. The zero-order chi connectivity index (χ0) is 14.8. The van der Waals surface area contributed by atoms with Crippen molar-refractivity contribution in [3.05, 3.63) is 0 Å². The summed E-state index contributed by atoms with van der Waals surface area (Å²) in [7, 11) is 1.70. The fourth-order valence-corrected chi connectivity index (χ4v) is 3.08. The molecular weight excluding hydrogens is 292 g/mol. The predicted octanol–water partition coefficient (Wildman–Crippen LogP) is 1.40. The largest absolute Gasteiger partial charge is 0.481 e. The summed E-state index contributed by atoms with van der Waals surface area (Å²) >= 11 is 1.25. The number of ether oxygens (including phenoxy) is 1. The molecule has 21 heavy (non-hydrogen) atoms. The van der Waals surface area contributed by atoms with Crippen LogP contribution in [0, 0.1) is 0 Å². The first-order valence-corrected chi connectivity index (χ1v) is 8.24. The highest BCUT2D eigenvalue weighted by atomic mass is 32.2. The van der Waals surface area contributed by atoms with Crippen molar-refractivity contribution < 1.29 is 14.6 Å². The van der Waals surface area contributed by atoms with E-state index in [9.17, 15) is 4.79 Å². The average Bonchev–Trinajstić information content (AvgIpc) is 3.36. The van der Waals surface area contributed by atoms with E-state index >= 15 is 0 Å². The number of rotatable bonds is 9. The minimum absolute atomic E-state index is 0.0202. The molecule has 2 aliphatic rings. The lowest BCUT2D eigenvalue weighted by molar-refractivity contribution is -0.133. The normalized spacial score (nSPS) is 18.0. The number of methoxy groups -OCH3 is 1. The molecule has 3 rings (SSSR count). The van der Waals surface area contributed by atoms with Gasteiger partial charge in [-0.05, 0) is 25.7 Å². The van der Waals surface area contributed by atoms with Gasteiger partial charge in [-0.2, -0.15) is 0 Å². The van der Waals surface area contributed by atoms with Gasteiger partial charge in [-0.25, -0.2) is 0 Å². The predicted molar refractivity (Wildman–Crippen MR) is 78.9 cm³/mol. The molecule has 0 amide bonds. The Kier molecular flexibility index (Phi) is 4.34. The van der Waals surface area contributed by atoms with Crippen molar-refractivity contribution in [3.63, 3.8) is 0 Å². The Hall–Kier alpha value is -1.28. The zero-order valence-corrected chi connectivity index (χ0v) is 12.9. The second-order valence-corrected chi connectivity index (χ2v) is 6.43. The summed E-state index contributed by atoms with van der Waals surface area (Å²) in [5, 5.41) is 18.1. The molecule has 116 valence electrons. The number of carboxylic acids is 1. The molecule has 1 aromatic rings. The maximum absolute atomic E-state index is 10.8. The summed E-state index contributed by atoms with van der Waals surface area (Å²) in [4.78, 5) is 13.0. The van der Waals surface area contributed by atoms with Crippen LogP contribution in [0.2, 0.25) is 0 Å². The van der Waals surface area contributed by atoms with Crippen molar-refractivity contribution in [1.82, 2.24) is 14.8 Å². The highest BCUT2D eigenvalue weighted by Crippen LogP contribution is 2.42. The van der Waals surface area contributed by atoms with E-state index in [0.29, 0.717) is 18.7 Å². The molecule has 0 aliphatic heterocycles. The molecule has 0 bridgehead atoms. The smallest absolute Gasteiger partial charge is 0.313 e. The van der Waals surface area contributed by atoms with E-state index in [2.05, 4.69) is 19.7 Å². The van der Waals surface area contributed by atoms with Crippen molar-refractivity contribution in [2.24, 2.45) is 0 Å². The Morgan fingerprint density at radius 2 is 2.19 bits per heavy atom. The summed E-state index contributed by atoms with van der Waals surface area (Å²) < 4.78 is 7.32. The van der Waals surface area contributed by atoms with Crippen LogP contribution in [0.4, 0.5) is 5.95 Å². The standard InChI is InChI=1S/C13H20N4O3S/c1-20-7-6-16(9-2-3-9)12-14-15-13(21-8-11(18)19)17(12)10-4-5-10/h9-10H,2-8H2,1H3,(H,18,19). The molecule has 2 saturated carbocycles. The number of aliphatic carboxylic acids is 1. The van der Waals surface area contributed by atoms with Crippen LogP contribution >= 0.6 is 11.8 Å². The van der Waals surface area contributed by atoms with Crippen LogP contribution in [0.25, 0.3) is 0 Å². The Balaban J connectivity index is 1.81. The van der Waals surface area contributed by atoms with E-state index in [4.69, 9.17) is 9.84 Å². The second kappa shape index (κ2) is 6.23. The first-order valence-electron chi connectivity index (χ1n) is 7.25. The van der Waals surface area contributed by atoms with E-state index < -0.39 is 5.97 Å². The molecule has 0 atom stereocenters. The van der Waals surface area contributed by atoms with Gasteiger partial charge in [-0.3, -0.25) is 9.36 Å². The number of hydrogen-bond acceptors (Lipinski definition) is 6. The molecule has 8 heteroatoms. The highest BCUT2D eigenvalue weighted by Gasteiger charge is 2.36. The van der Waals surface area contributed by atoms with Crippen LogP contribution in [-0.2, 0) is 9.53 Å². The lowest BCUT2D eigenvalue weighted by atomic mass is 10.5. The number of nitrogens with zero attached hydrogens (tertiary/aromatic N) is 4. The van der Waals surface area contributed by atoms with E-state index in [1.165, 1.54) is 24.6 Å². The first-order chi connectivity index (χ1) is 10.2. The van der Waals surface area contributed by atoms with Gasteiger partial charge in [0.25, 0.3) is 0 Å². The third kappa shape index (κ3) is 3.49. The quantitative estimate of drug-likeness (QED) is 0.690. The van der Waals surface area contributed by atoms with Crippen molar-refractivity contribution in [3.8, 4) is 0 Å². The summed E-state index contributed by atoms with van der Waals surface area (Å²) in [6.07, 6.45) is 4.60. The Labute approximate surface area is 127 Å². The highest BCUT2D eigenvalue weighted by molar-refractivity contribution is 7.99. The Bertz CT molecular complexity index is 514. The fourth-order valence-electron chi connectivity index (χ4n) is 2.36. The molecule has 2 fully saturated rings. The summed E-state index contributed by atoms with van der Waals surface area (Å²) in [6, 6.07) is 0.953. The molecule has 0 radical (unpaired) electrons. The second-order valence-electron chi connectivity index (χ2n) is 5.48. The van der Waals surface area contributed by atoms with Crippen LogP contribution in [0.5, 0.6) is 0 Å². The molecule has 0 spiro atoms. The lowest BCUT2D eigenvalue weighted by Crippen LogP contribution is -2.32. The van der Waals surface area contributed by atoms with Gasteiger partial charge in [-0.1, -0.05) is 11.8 Å². The Morgan fingerprint density at radius 1 is 1.43 bits per heavy atom. The van der Waals surface area contributed by atoms with Crippen molar-refractivity contribution in [2.45, 2.75) is 42.9 Å². The molecule has 1 aromatic heterocycles. The number of thioether (sulfide) groups is 1. The third-order valence-corrected chi connectivity index (χ3v) is 4.59. The maximum Gasteiger partial charge on any atom is 0.313 e. The molecule has 1 N–H and O–H groups in total. The van der Waals surface area contributed by atoms with Crippen LogP contribution in [0.3, 0.4) is 0 Å². The van der Waals surface area contributed by atoms with Crippen LogP contribution < -0.4 is 4.90 Å². The fraction of sp³-hybridized carbons (Fsp3) is 0.769. The Morgan fingerprint density at radius 3 is 2.76 bits per heavy atom. The van der Waals surface area contributed by atoms with Gasteiger partial charge in [0.1, 0.15) is 0 Å². The van der Waals surface area contributed by atoms with Gasteiger partial charge in [0.05, 0.1) is 12.4 Å². The number of hydrogen-bond donors (Lipinski definition) is 1. The summed E-state index contributed by atoms with van der Waals surface area (Å²) in [6.45, 7) is 1.46. The molecule has 0 unspecified atom stereocenters. The number of aromatic nitrogens is 3. The van der Waals surface area contributed by atoms with Crippen molar-refractivity contribution in [2.75, 3.05) is 30.9 Å². The van der Waals surface area contributed by atoms with Gasteiger partial charge in [0.2, 0.25) is 5.95 Å².